The molecule has 0 atom stereocenters. The van der Waals surface area contributed by atoms with E-state index in [4.69, 9.17) is 20.8 Å². The Bertz CT molecular complexity index is 492. The van der Waals surface area contributed by atoms with Gasteiger partial charge in [-0.3, -0.25) is 4.79 Å². The molecule has 14 heavy (non-hydrogen) atoms. The van der Waals surface area contributed by atoms with Gasteiger partial charge in [-0.05, 0) is 17.7 Å². The summed E-state index contributed by atoms with van der Waals surface area (Å²) in [6, 6.07) is 3.15. The van der Waals surface area contributed by atoms with Gasteiger partial charge in [0.25, 0.3) is 5.35 Å². The lowest BCUT2D eigenvalue weighted by atomic mass is 10.2. The third-order valence-electron chi connectivity index (χ3n) is 1.84. The predicted molar refractivity (Wildman–Crippen MR) is 51.0 cm³/mol. The highest BCUT2D eigenvalue weighted by atomic mass is 35.5. The Morgan fingerprint density at radius 2 is 2.36 bits per heavy atom. The second-order valence-corrected chi connectivity index (χ2v) is 2.97. The van der Waals surface area contributed by atoms with Gasteiger partial charge < -0.3 is 9.15 Å². The summed E-state index contributed by atoms with van der Waals surface area (Å²) in [4.78, 5) is 14.5. The minimum absolute atomic E-state index is 0.0464. The number of ether oxygens (including phenoxy) is 1. The quantitative estimate of drug-likeness (QED) is 0.716. The van der Waals surface area contributed by atoms with Crippen LogP contribution in [0.1, 0.15) is 10.4 Å². The molecular formula is C9H6ClNO3. The topological polar surface area (TPSA) is 52.3 Å². The van der Waals surface area contributed by atoms with Crippen LogP contribution in [0.2, 0.25) is 5.35 Å². The normalized spacial score (nSPS) is 10.4. The predicted octanol–water partition coefficient (Wildman–Crippen LogP) is 2.30. The highest BCUT2D eigenvalue weighted by Crippen LogP contribution is 2.26. The minimum Gasteiger partial charge on any atom is -0.496 e. The maximum absolute atomic E-state index is 10.7. The fourth-order valence-corrected chi connectivity index (χ4v) is 1.39. The lowest BCUT2D eigenvalue weighted by Crippen LogP contribution is -1.89. The number of carbonyl (C=O) groups is 1. The van der Waals surface area contributed by atoms with Crippen molar-refractivity contribution in [2.45, 2.75) is 0 Å². The smallest absolute Gasteiger partial charge is 0.293 e. The van der Waals surface area contributed by atoms with Crippen LogP contribution in [0, 0.1) is 0 Å². The number of aldehydes is 1. The van der Waals surface area contributed by atoms with Gasteiger partial charge in [-0.25, -0.2) is 0 Å². The maximum atomic E-state index is 10.7. The fourth-order valence-electron chi connectivity index (χ4n) is 1.21. The monoisotopic (exact) mass is 211 g/mol. The molecule has 0 fully saturated rings. The van der Waals surface area contributed by atoms with E-state index in [2.05, 4.69) is 4.98 Å². The molecule has 0 bridgehead atoms. The number of fused-ring (bicyclic) bond motifs is 1. The van der Waals surface area contributed by atoms with Gasteiger partial charge >= 0.3 is 0 Å². The number of methoxy groups -OCH3 is 1. The van der Waals surface area contributed by atoms with Crippen LogP contribution in [0.15, 0.2) is 16.5 Å². The average Bonchev–Trinajstić information content (AvgIpc) is 2.54. The molecule has 1 heterocycles. The number of oxazole rings is 1. The lowest BCUT2D eigenvalue weighted by Gasteiger charge is -2.01. The second kappa shape index (κ2) is 3.31. The first-order valence-electron chi connectivity index (χ1n) is 3.84. The molecule has 1 aromatic carbocycles. The maximum Gasteiger partial charge on any atom is 0.293 e. The summed E-state index contributed by atoms with van der Waals surface area (Å²) in [6.45, 7) is 0. The van der Waals surface area contributed by atoms with Gasteiger partial charge in [-0.1, -0.05) is 0 Å². The molecule has 72 valence electrons. The van der Waals surface area contributed by atoms with Crippen molar-refractivity contribution < 1.29 is 13.9 Å². The number of rotatable bonds is 2. The van der Waals surface area contributed by atoms with E-state index in [0.717, 1.165) is 0 Å². The third kappa shape index (κ3) is 1.33. The molecule has 4 nitrogen and oxygen atoms in total. The molecule has 0 spiro atoms. The van der Waals surface area contributed by atoms with Crippen LogP contribution in [0.25, 0.3) is 11.1 Å². The molecule has 0 N–H and O–H groups in total. The van der Waals surface area contributed by atoms with Crippen LogP contribution in [-0.4, -0.2) is 18.4 Å². The first-order valence-corrected chi connectivity index (χ1v) is 4.21. The molecule has 5 heteroatoms. The van der Waals surface area contributed by atoms with Gasteiger partial charge in [-0.2, -0.15) is 4.98 Å². The van der Waals surface area contributed by atoms with Crippen molar-refractivity contribution in [1.82, 2.24) is 4.98 Å². The summed E-state index contributed by atoms with van der Waals surface area (Å²) >= 11 is 5.57. The highest BCUT2D eigenvalue weighted by Gasteiger charge is 2.09. The standard InChI is InChI=1S/C9H6ClNO3/c1-13-7-3-8-6(2-5(7)4-12)11-9(10)14-8/h2-4H,1H3. The summed E-state index contributed by atoms with van der Waals surface area (Å²) in [7, 11) is 1.48. The molecule has 0 aliphatic rings. The molecule has 0 aliphatic carbocycles. The van der Waals surface area contributed by atoms with Crippen LogP contribution in [0.5, 0.6) is 5.75 Å². The zero-order valence-corrected chi connectivity index (χ0v) is 8.04. The van der Waals surface area contributed by atoms with E-state index in [-0.39, 0.29) is 5.35 Å². The average molecular weight is 212 g/mol. The molecule has 0 amide bonds. The first-order chi connectivity index (χ1) is 6.74. The number of carbonyl (C=O) groups excluding carboxylic acids is 1. The van der Waals surface area contributed by atoms with E-state index in [1.807, 2.05) is 0 Å². The van der Waals surface area contributed by atoms with Crippen molar-refractivity contribution in [3.8, 4) is 5.75 Å². The highest BCUT2D eigenvalue weighted by molar-refractivity contribution is 6.28. The van der Waals surface area contributed by atoms with Gasteiger partial charge in [-0.15, -0.1) is 0 Å². The Morgan fingerprint density at radius 1 is 1.57 bits per heavy atom. The van der Waals surface area contributed by atoms with Gasteiger partial charge in [0.1, 0.15) is 11.3 Å². The number of nitrogens with zero attached hydrogens (tertiary/aromatic N) is 1. The molecule has 0 unspecified atom stereocenters. The SMILES string of the molecule is COc1cc2oc(Cl)nc2cc1C=O. The van der Waals surface area contributed by atoms with Crippen molar-refractivity contribution in [3.63, 3.8) is 0 Å². The minimum atomic E-state index is 0.0464. The molecule has 2 rings (SSSR count). The van der Waals surface area contributed by atoms with Crippen molar-refractivity contribution in [3.05, 3.63) is 23.0 Å². The van der Waals surface area contributed by atoms with E-state index in [1.54, 1.807) is 12.1 Å². The van der Waals surface area contributed by atoms with Crippen LogP contribution in [-0.2, 0) is 0 Å². The zero-order valence-electron chi connectivity index (χ0n) is 7.28. The summed E-state index contributed by atoms with van der Waals surface area (Å²) in [6.07, 6.45) is 0.695. The lowest BCUT2D eigenvalue weighted by molar-refractivity contribution is 0.112. The van der Waals surface area contributed by atoms with E-state index in [0.29, 0.717) is 28.7 Å². The third-order valence-corrected chi connectivity index (χ3v) is 2.00. The van der Waals surface area contributed by atoms with Crippen LogP contribution >= 0.6 is 11.6 Å². The summed E-state index contributed by atoms with van der Waals surface area (Å²) < 4.78 is 10.1. The Balaban J connectivity index is 2.74. The van der Waals surface area contributed by atoms with Gasteiger partial charge in [0.15, 0.2) is 11.9 Å². The molecule has 1 aromatic heterocycles. The summed E-state index contributed by atoms with van der Waals surface area (Å²) in [5.74, 6) is 0.445. The molecule has 0 radical (unpaired) electrons. The summed E-state index contributed by atoms with van der Waals surface area (Å²) in [5, 5.41) is 0.0464. The number of aromatic nitrogens is 1. The van der Waals surface area contributed by atoms with Crippen molar-refractivity contribution in [1.29, 1.82) is 0 Å². The number of hydrogen-bond acceptors (Lipinski definition) is 4. The Kier molecular flexibility index (Phi) is 2.13. The molecule has 2 aromatic rings. The Hall–Kier alpha value is -1.55. The zero-order chi connectivity index (χ0) is 10.1. The van der Waals surface area contributed by atoms with E-state index in [1.165, 1.54) is 7.11 Å². The van der Waals surface area contributed by atoms with E-state index < -0.39 is 0 Å². The Morgan fingerprint density at radius 3 is 3.00 bits per heavy atom. The molecule has 0 saturated carbocycles. The number of benzene rings is 1. The van der Waals surface area contributed by atoms with Gasteiger partial charge in [0.05, 0.1) is 12.7 Å². The first kappa shape index (κ1) is 9.02. The van der Waals surface area contributed by atoms with Gasteiger partial charge in [0.2, 0.25) is 0 Å². The van der Waals surface area contributed by atoms with Gasteiger partial charge in [0, 0.05) is 6.07 Å². The number of hydrogen-bond donors (Lipinski definition) is 0. The fraction of sp³-hybridized carbons (Fsp3) is 0.111. The van der Waals surface area contributed by atoms with Crippen molar-refractivity contribution in [2.24, 2.45) is 0 Å². The van der Waals surface area contributed by atoms with E-state index >= 15 is 0 Å². The van der Waals surface area contributed by atoms with Crippen LogP contribution in [0.3, 0.4) is 0 Å². The second-order valence-electron chi connectivity index (χ2n) is 2.65. The molecule has 0 saturated heterocycles. The molecule has 0 aliphatic heterocycles. The van der Waals surface area contributed by atoms with E-state index in [9.17, 15) is 4.79 Å². The van der Waals surface area contributed by atoms with Crippen molar-refractivity contribution >= 4 is 29.0 Å². The van der Waals surface area contributed by atoms with Crippen LogP contribution in [0.4, 0.5) is 0 Å². The largest absolute Gasteiger partial charge is 0.496 e. The van der Waals surface area contributed by atoms with Crippen molar-refractivity contribution in [2.75, 3.05) is 7.11 Å². The number of halogens is 1. The van der Waals surface area contributed by atoms with Crippen LogP contribution < -0.4 is 4.74 Å². The summed E-state index contributed by atoms with van der Waals surface area (Å²) in [5.41, 5.74) is 1.46. The Labute approximate surface area is 84.4 Å². The molecular weight excluding hydrogens is 206 g/mol.